The fourth-order valence-electron chi connectivity index (χ4n) is 0.717. The molecule has 0 saturated heterocycles. The SMILES string of the molecule is N/C(=C\S)c1ccc(F)cc1. The maximum atomic E-state index is 12.4. The number of hydrogen-bond acceptors (Lipinski definition) is 2. The summed E-state index contributed by atoms with van der Waals surface area (Å²) in [5, 5.41) is 1.48. The third-order valence-corrected chi connectivity index (χ3v) is 1.59. The fourth-order valence-corrected chi connectivity index (χ4v) is 0.866. The van der Waals surface area contributed by atoms with Gasteiger partial charge in [0.25, 0.3) is 0 Å². The molecule has 2 N–H and O–H groups in total. The Morgan fingerprint density at radius 1 is 1.36 bits per heavy atom. The van der Waals surface area contributed by atoms with E-state index in [1.54, 1.807) is 12.1 Å². The third-order valence-electron chi connectivity index (χ3n) is 1.32. The van der Waals surface area contributed by atoms with E-state index >= 15 is 0 Å². The van der Waals surface area contributed by atoms with Gasteiger partial charge in [0, 0.05) is 5.70 Å². The van der Waals surface area contributed by atoms with Crippen molar-refractivity contribution in [2.45, 2.75) is 0 Å². The van der Waals surface area contributed by atoms with Crippen LogP contribution in [0.15, 0.2) is 29.7 Å². The molecule has 0 amide bonds. The van der Waals surface area contributed by atoms with Crippen molar-refractivity contribution in [1.82, 2.24) is 0 Å². The number of rotatable bonds is 1. The van der Waals surface area contributed by atoms with Crippen LogP contribution in [0.1, 0.15) is 5.56 Å². The fraction of sp³-hybridized carbons (Fsp3) is 0. The van der Waals surface area contributed by atoms with Gasteiger partial charge in [0.15, 0.2) is 0 Å². The van der Waals surface area contributed by atoms with E-state index in [0.717, 1.165) is 5.56 Å². The van der Waals surface area contributed by atoms with Crippen molar-refractivity contribution in [3.8, 4) is 0 Å². The van der Waals surface area contributed by atoms with Crippen molar-refractivity contribution in [3.63, 3.8) is 0 Å². The summed E-state index contributed by atoms with van der Waals surface area (Å²) >= 11 is 3.87. The zero-order valence-corrected chi connectivity index (χ0v) is 6.68. The van der Waals surface area contributed by atoms with Crippen LogP contribution in [0.25, 0.3) is 5.70 Å². The molecule has 1 nitrogen and oxygen atoms in total. The van der Waals surface area contributed by atoms with Gasteiger partial charge >= 0.3 is 0 Å². The summed E-state index contributed by atoms with van der Waals surface area (Å²) in [6.45, 7) is 0. The van der Waals surface area contributed by atoms with Crippen LogP contribution in [0, 0.1) is 5.82 Å². The highest BCUT2D eigenvalue weighted by Gasteiger charge is 1.94. The van der Waals surface area contributed by atoms with Gasteiger partial charge in [-0.3, -0.25) is 0 Å². The molecule has 0 aromatic heterocycles. The van der Waals surface area contributed by atoms with Crippen LogP contribution < -0.4 is 5.73 Å². The highest BCUT2D eigenvalue weighted by atomic mass is 32.1. The molecular formula is C8H8FNS. The van der Waals surface area contributed by atoms with E-state index < -0.39 is 0 Å². The second-order valence-corrected chi connectivity index (χ2v) is 2.35. The lowest BCUT2D eigenvalue weighted by Gasteiger charge is -1.98. The van der Waals surface area contributed by atoms with E-state index in [-0.39, 0.29) is 5.82 Å². The van der Waals surface area contributed by atoms with Gasteiger partial charge in [0.1, 0.15) is 5.82 Å². The molecule has 0 bridgehead atoms. The van der Waals surface area contributed by atoms with Gasteiger partial charge in [-0.05, 0) is 35.2 Å². The average molecular weight is 169 g/mol. The van der Waals surface area contributed by atoms with Crippen LogP contribution in [-0.4, -0.2) is 0 Å². The minimum atomic E-state index is -0.263. The summed E-state index contributed by atoms with van der Waals surface area (Å²) in [6.07, 6.45) is 0. The quantitative estimate of drug-likeness (QED) is 0.618. The van der Waals surface area contributed by atoms with Gasteiger partial charge < -0.3 is 5.73 Å². The first-order chi connectivity index (χ1) is 5.24. The number of benzene rings is 1. The zero-order valence-electron chi connectivity index (χ0n) is 5.79. The molecule has 58 valence electrons. The molecule has 0 aliphatic heterocycles. The number of nitrogens with two attached hydrogens (primary N) is 1. The molecule has 0 saturated carbocycles. The van der Waals surface area contributed by atoms with Gasteiger partial charge in [-0.2, -0.15) is 0 Å². The Kier molecular flexibility index (Phi) is 2.54. The van der Waals surface area contributed by atoms with Gasteiger partial charge in [0.05, 0.1) is 0 Å². The lowest BCUT2D eigenvalue weighted by Crippen LogP contribution is -1.94. The molecule has 0 heterocycles. The Morgan fingerprint density at radius 2 is 1.91 bits per heavy atom. The van der Waals surface area contributed by atoms with E-state index in [0.29, 0.717) is 5.70 Å². The largest absolute Gasteiger partial charge is 0.398 e. The molecule has 0 fully saturated rings. The summed E-state index contributed by atoms with van der Waals surface area (Å²) in [4.78, 5) is 0. The molecule has 1 rings (SSSR count). The highest BCUT2D eigenvalue weighted by molar-refractivity contribution is 7.83. The summed E-state index contributed by atoms with van der Waals surface area (Å²) in [5.41, 5.74) is 6.82. The van der Waals surface area contributed by atoms with Crippen LogP contribution >= 0.6 is 12.6 Å². The Balaban J connectivity index is 2.99. The van der Waals surface area contributed by atoms with E-state index in [4.69, 9.17) is 5.73 Å². The Hall–Kier alpha value is -0.960. The van der Waals surface area contributed by atoms with Crippen LogP contribution in [0.2, 0.25) is 0 Å². The Labute approximate surface area is 70.1 Å². The maximum absolute atomic E-state index is 12.4. The normalized spacial score (nSPS) is 11.6. The van der Waals surface area contributed by atoms with Gasteiger partial charge in [-0.25, -0.2) is 4.39 Å². The Bertz CT molecular complexity index is 266. The molecule has 1 aromatic carbocycles. The molecule has 0 unspecified atom stereocenters. The van der Waals surface area contributed by atoms with E-state index in [9.17, 15) is 4.39 Å². The van der Waals surface area contributed by atoms with Crippen molar-refractivity contribution < 1.29 is 4.39 Å². The smallest absolute Gasteiger partial charge is 0.123 e. The van der Waals surface area contributed by atoms with Crippen LogP contribution in [-0.2, 0) is 0 Å². The first kappa shape index (κ1) is 8.14. The van der Waals surface area contributed by atoms with Crippen molar-refractivity contribution >= 4 is 18.3 Å². The van der Waals surface area contributed by atoms with Crippen molar-refractivity contribution in [2.24, 2.45) is 5.73 Å². The molecule has 0 aliphatic carbocycles. The van der Waals surface area contributed by atoms with Crippen molar-refractivity contribution in [1.29, 1.82) is 0 Å². The van der Waals surface area contributed by atoms with E-state index in [1.807, 2.05) is 0 Å². The van der Waals surface area contributed by atoms with E-state index in [2.05, 4.69) is 12.6 Å². The number of hydrogen-bond donors (Lipinski definition) is 2. The lowest BCUT2D eigenvalue weighted by molar-refractivity contribution is 0.627. The van der Waals surface area contributed by atoms with Crippen LogP contribution in [0.4, 0.5) is 4.39 Å². The Morgan fingerprint density at radius 3 is 2.36 bits per heavy atom. The summed E-state index contributed by atoms with van der Waals surface area (Å²) < 4.78 is 12.4. The van der Waals surface area contributed by atoms with E-state index in [1.165, 1.54) is 17.5 Å². The molecule has 1 aromatic rings. The van der Waals surface area contributed by atoms with Crippen molar-refractivity contribution in [2.75, 3.05) is 0 Å². The summed E-state index contributed by atoms with van der Waals surface area (Å²) in [6, 6.07) is 5.94. The molecule has 0 atom stereocenters. The minimum Gasteiger partial charge on any atom is -0.398 e. The molecular weight excluding hydrogens is 161 g/mol. The summed E-state index contributed by atoms with van der Waals surface area (Å²) in [7, 11) is 0. The lowest BCUT2D eigenvalue weighted by atomic mass is 10.2. The van der Waals surface area contributed by atoms with Gasteiger partial charge in [-0.1, -0.05) is 0 Å². The van der Waals surface area contributed by atoms with Gasteiger partial charge in [0.2, 0.25) is 0 Å². The number of halogens is 1. The predicted molar refractivity (Wildman–Crippen MR) is 47.6 cm³/mol. The highest BCUT2D eigenvalue weighted by Crippen LogP contribution is 2.09. The molecule has 0 radical (unpaired) electrons. The zero-order chi connectivity index (χ0) is 8.27. The minimum absolute atomic E-state index is 0.263. The second-order valence-electron chi connectivity index (χ2n) is 2.09. The van der Waals surface area contributed by atoms with Crippen molar-refractivity contribution in [3.05, 3.63) is 41.1 Å². The van der Waals surface area contributed by atoms with Gasteiger partial charge in [-0.15, -0.1) is 12.6 Å². The predicted octanol–water partition coefficient (Wildman–Crippen LogP) is 2.01. The van der Waals surface area contributed by atoms with Crippen LogP contribution in [0.5, 0.6) is 0 Å². The molecule has 3 heteroatoms. The topological polar surface area (TPSA) is 26.0 Å². The van der Waals surface area contributed by atoms with Crippen LogP contribution in [0.3, 0.4) is 0 Å². The second kappa shape index (κ2) is 3.44. The molecule has 0 spiro atoms. The monoisotopic (exact) mass is 169 g/mol. The average Bonchev–Trinajstić information content (AvgIpc) is 2.05. The first-order valence-electron chi connectivity index (χ1n) is 3.10. The number of thiol groups is 1. The molecule has 0 aliphatic rings. The third kappa shape index (κ3) is 1.98. The first-order valence-corrected chi connectivity index (χ1v) is 3.61. The molecule has 11 heavy (non-hydrogen) atoms. The summed E-state index contributed by atoms with van der Waals surface area (Å²) in [5.74, 6) is -0.263. The standard InChI is InChI=1S/C8H8FNS/c9-7-3-1-6(2-4-7)8(10)5-11/h1-5,11H,10H2/b8-5-. The maximum Gasteiger partial charge on any atom is 0.123 e.